The first-order valence-electron chi connectivity index (χ1n) is 9.50. The second-order valence-electron chi connectivity index (χ2n) is 6.45. The van der Waals surface area contributed by atoms with Gasteiger partial charge in [0.15, 0.2) is 6.61 Å². The molecule has 29 heavy (non-hydrogen) atoms. The normalized spacial score (nSPS) is 10.1. The van der Waals surface area contributed by atoms with Crippen LogP contribution in [0, 0.1) is 0 Å². The van der Waals surface area contributed by atoms with Crippen molar-refractivity contribution in [2.75, 3.05) is 32.9 Å². The number of amides is 1. The van der Waals surface area contributed by atoms with Gasteiger partial charge in [-0.3, -0.25) is 4.79 Å². The van der Waals surface area contributed by atoms with Gasteiger partial charge >= 0.3 is 5.97 Å². The van der Waals surface area contributed by atoms with Crippen LogP contribution in [0.5, 0.6) is 11.5 Å². The molecule has 0 aromatic heterocycles. The minimum atomic E-state index is -0.607. The first-order chi connectivity index (χ1) is 14.0. The van der Waals surface area contributed by atoms with Gasteiger partial charge in [-0.25, -0.2) is 4.79 Å². The van der Waals surface area contributed by atoms with Crippen LogP contribution in [0.25, 0.3) is 0 Å². The SMILES string of the molecule is C=C(C)CN(CC)C(=O)COC(=O)c1ccccc1OCCOc1ccccc1. The number of hydrogen-bond acceptors (Lipinski definition) is 5. The van der Waals surface area contributed by atoms with E-state index in [-0.39, 0.29) is 24.7 Å². The zero-order chi connectivity index (χ0) is 21.1. The van der Waals surface area contributed by atoms with Gasteiger partial charge in [0, 0.05) is 13.1 Å². The van der Waals surface area contributed by atoms with Crippen molar-refractivity contribution in [3.63, 3.8) is 0 Å². The average molecular weight is 397 g/mol. The zero-order valence-electron chi connectivity index (χ0n) is 16.9. The smallest absolute Gasteiger partial charge is 0.342 e. The van der Waals surface area contributed by atoms with E-state index < -0.39 is 5.97 Å². The highest BCUT2D eigenvalue weighted by atomic mass is 16.5. The van der Waals surface area contributed by atoms with Gasteiger partial charge in [0.1, 0.15) is 30.3 Å². The third-order valence-corrected chi connectivity index (χ3v) is 3.98. The lowest BCUT2D eigenvalue weighted by atomic mass is 10.2. The van der Waals surface area contributed by atoms with Crippen molar-refractivity contribution in [1.82, 2.24) is 4.90 Å². The van der Waals surface area contributed by atoms with Gasteiger partial charge in [0.2, 0.25) is 0 Å². The Morgan fingerprint density at radius 3 is 2.31 bits per heavy atom. The van der Waals surface area contributed by atoms with Crippen molar-refractivity contribution in [3.8, 4) is 11.5 Å². The van der Waals surface area contributed by atoms with Gasteiger partial charge in [-0.1, -0.05) is 42.5 Å². The number of carbonyl (C=O) groups excluding carboxylic acids is 2. The summed E-state index contributed by atoms with van der Waals surface area (Å²) in [4.78, 5) is 26.3. The lowest BCUT2D eigenvalue weighted by Gasteiger charge is -2.20. The lowest BCUT2D eigenvalue weighted by Crippen LogP contribution is -2.35. The van der Waals surface area contributed by atoms with Crippen molar-refractivity contribution >= 4 is 11.9 Å². The fourth-order valence-corrected chi connectivity index (χ4v) is 2.59. The number of rotatable bonds is 11. The van der Waals surface area contributed by atoms with Gasteiger partial charge in [-0.2, -0.15) is 0 Å². The molecule has 6 nitrogen and oxygen atoms in total. The molecule has 0 radical (unpaired) electrons. The third kappa shape index (κ3) is 7.33. The Kier molecular flexibility index (Phi) is 8.76. The number of para-hydroxylation sites is 2. The second kappa shape index (κ2) is 11.5. The molecule has 0 atom stereocenters. The summed E-state index contributed by atoms with van der Waals surface area (Å²) in [5.41, 5.74) is 1.13. The molecule has 0 heterocycles. The minimum Gasteiger partial charge on any atom is -0.490 e. The van der Waals surface area contributed by atoms with E-state index in [2.05, 4.69) is 6.58 Å². The van der Waals surface area contributed by atoms with Gasteiger partial charge < -0.3 is 19.1 Å². The number of ether oxygens (including phenoxy) is 3. The quantitative estimate of drug-likeness (QED) is 0.328. The Morgan fingerprint density at radius 2 is 1.62 bits per heavy atom. The van der Waals surface area contributed by atoms with Gasteiger partial charge in [0.25, 0.3) is 5.91 Å². The van der Waals surface area contributed by atoms with Crippen LogP contribution in [-0.2, 0) is 9.53 Å². The monoisotopic (exact) mass is 397 g/mol. The highest BCUT2D eigenvalue weighted by molar-refractivity contribution is 5.94. The summed E-state index contributed by atoms with van der Waals surface area (Å²) in [7, 11) is 0. The van der Waals surface area contributed by atoms with Crippen LogP contribution in [0.2, 0.25) is 0 Å². The molecule has 2 rings (SSSR count). The molecule has 0 fully saturated rings. The summed E-state index contributed by atoms with van der Waals surface area (Å²) < 4.78 is 16.5. The fourth-order valence-electron chi connectivity index (χ4n) is 2.59. The molecule has 0 aliphatic heterocycles. The molecule has 2 aromatic carbocycles. The maximum Gasteiger partial charge on any atom is 0.342 e. The highest BCUT2D eigenvalue weighted by Crippen LogP contribution is 2.19. The van der Waals surface area contributed by atoms with Crippen LogP contribution in [0.4, 0.5) is 0 Å². The van der Waals surface area contributed by atoms with Crippen molar-refractivity contribution in [1.29, 1.82) is 0 Å². The van der Waals surface area contributed by atoms with E-state index in [4.69, 9.17) is 14.2 Å². The van der Waals surface area contributed by atoms with E-state index in [1.165, 1.54) is 0 Å². The maximum atomic E-state index is 12.4. The molecule has 154 valence electrons. The first kappa shape index (κ1) is 22.0. The maximum absolute atomic E-state index is 12.4. The van der Waals surface area contributed by atoms with Crippen LogP contribution >= 0.6 is 0 Å². The summed E-state index contributed by atoms with van der Waals surface area (Å²) in [6.07, 6.45) is 0. The van der Waals surface area contributed by atoms with Crippen LogP contribution < -0.4 is 9.47 Å². The largest absolute Gasteiger partial charge is 0.490 e. The molecule has 0 aliphatic carbocycles. The first-order valence-corrected chi connectivity index (χ1v) is 9.50. The van der Waals surface area contributed by atoms with Crippen molar-refractivity contribution < 1.29 is 23.8 Å². The molecule has 0 spiro atoms. The molecule has 2 aromatic rings. The fraction of sp³-hybridized carbons (Fsp3) is 0.304. The highest BCUT2D eigenvalue weighted by Gasteiger charge is 2.18. The summed E-state index contributed by atoms with van der Waals surface area (Å²) in [5, 5.41) is 0. The van der Waals surface area contributed by atoms with E-state index in [1.807, 2.05) is 44.2 Å². The molecule has 0 N–H and O–H groups in total. The lowest BCUT2D eigenvalue weighted by molar-refractivity contribution is -0.133. The van der Waals surface area contributed by atoms with Gasteiger partial charge in [0.05, 0.1) is 0 Å². The van der Waals surface area contributed by atoms with Crippen molar-refractivity contribution in [3.05, 3.63) is 72.3 Å². The van der Waals surface area contributed by atoms with E-state index in [0.29, 0.717) is 25.4 Å². The summed E-state index contributed by atoms with van der Waals surface area (Å²) in [5.74, 6) is 0.260. The predicted molar refractivity (Wildman–Crippen MR) is 111 cm³/mol. The molecule has 6 heteroatoms. The van der Waals surface area contributed by atoms with E-state index in [9.17, 15) is 9.59 Å². The predicted octanol–water partition coefficient (Wildman–Crippen LogP) is 3.73. The number of likely N-dealkylation sites (N-methyl/N-ethyl adjacent to an activating group) is 1. The number of benzene rings is 2. The third-order valence-electron chi connectivity index (χ3n) is 3.98. The van der Waals surface area contributed by atoms with Gasteiger partial charge in [-0.15, -0.1) is 0 Å². The Labute approximate surface area is 171 Å². The summed E-state index contributed by atoms with van der Waals surface area (Å²) in [6.45, 7) is 8.74. The van der Waals surface area contributed by atoms with E-state index in [1.54, 1.807) is 29.2 Å². The molecule has 1 amide bonds. The minimum absolute atomic E-state index is 0.264. The van der Waals surface area contributed by atoms with Crippen LogP contribution in [-0.4, -0.2) is 49.7 Å². The number of esters is 1. The van der Waals surface area contributed by atoms with Crippen molar-refractivity contribution in [2.45, 2.75) is 13.8 Å². The Hall–Kier alpha value is -3.28. The second-order valence-corrected chi connectivity index (χ2v) is 6.45. The average Bonchev–Trinajstić information content (AvgIpc) is 2.74. The molecule has 0 saturated carbocycles. The zero-order valence-corrected chi connectivity index (χ0v) is 16.9. The molecule has 0 unspecified atom stereocenters. The number of nitrogens with zero attached hydrogens (tertiary/aromatic N) is 1. The van der Waals surface area contributed by atoms with E-state index >= 15 is 0 Å². The Balaban J connectivity index is 1.87. The van der Waals surface area contributed by atoms with Crippen LogP contribution in [0.3, 0.4) is 0 Å². The molecule has 0 bridgehead atoms. The number of carbonyl (C=O) groups is 2. The standard InChI is InChI=1S/C23H27NO5/c1-4-24(16-18(2)3)22(25)17-29-23(26)20-12-8-9-13-21(20)28-15-14-27-19-10-6-5-7-11-19/h5-13H,2,4,14-17H2,1,3H3. The summed E-state index contributed by atoms with van der Waals surface area (Å²) in [6, 6.07) is 16.2. The number of hydrogen-bond donors (Lipinski definition) is 0. The molecular weight excluding hydrogens is 370 g/mol. The van der Waals surface area contributed by atoms with Crippen molar-refractivity contribution in [2.24, 2.45) is 0 Å². The Bertz CT molecular complexity index is 819. The molecule has 0 saturated heterocycles. The topological polar surface area (TPSA) is 65.1 Å². The van der Waals surface area contributed by atoms with E-state index in [0.717, 1.165) is 11.3 Å². The molecule has 0 aliphatic rings. The van der Waals surface area contributed by atoms with Crippen LogP contribution in [0.15, 0.2) is 66.7 Å². The molecular formula is C23H27NO5. The van der Waals surface area contributed by atoms with Gasteiger partial charge in [-0.05, 0) is 38.1 Å². The summed E-state index contributed by atoms with van der Waals surface area (Å²) >= 11 is 0. The van der Waals surface area contributed by atoms with Crippen LogP contribution in [0.1, 0.15) is 24.2 Å². The Morgan fingerprint density at radius 1 is 0.966 bits per heavy atom.